The number of benzene rings is 4. The molecule has 0 spiro atoms. The number of rotatable bonds is 4. The van der Waals surface area contributed by atoms with Crippen molar-refractivity contribution in [3.63, 3.8) is 0 Å². The number of anilines is 4. The number of hydrogen-bond acceptors (Lipinski definition) is 12. The number of amides is 3. The maximum absolute atomic E-state index is 12.2. The Morgan fingerprint density at radius 1 is 0.536 bits per heavy atom. The van der Waals surface area contributed by atoms with Crippen LogP contribution in [0.1, 0.15) is 116 Å². The Kier molecular flexibility index (Phi) is 17.8. The highest BCUT2D eigenvalue weighted by Gasteiger charge is 2.33. The fourth-order valence-electron chi connectivity index (χ4n) is 8.19. The molecule has 372 valence electrons. The summed E-state index contributed by atoms with van der Waals surface area (Å²) in [6, 6.07) is 22.4. The van der Waals surface area contributed by atoms with Crippen LogP contribution in [0.2, 0.25) is 0 Å². The summed E-state index contributed by atoms with van der Waals surface area (Å²) in [5, 5.41) is 12.5. The van der Waals surface area contributed by atoms with Gasteiger partial charge in [0.05, 0.1) is 49.0 Å². The molecule has 0 saturated heterocycles. The number of nitrogens with zero attached hydrogens (tertiary/aromatic N) is 3. The van der Waals surface area contributed by atoms with Crippen molar-refractivity contribution in [2.24, 2.45) is 0 Å². The van der Waals surface area contributed by atoms with Gasteiger partial charge in [-0.15, -0.1) is 11.6 Å². The molecule has 4 aliphatic rings. The van der Waals surface area contributed by atoms with Crippen LogP contribution >= 0.6 is 11.6 Å². The number of hydrogen-bond donors (Lipinski definition) is 2. The maximum atomic E-state index is 12.2. The Labute approximate surface area is 410 Å². The van der Waals surface area contributed by atoms with E-state index in [4.69, 9.17) is 35.3 Å². The number of aliphatic hydroxyl groups is 1. The predicted molar refractivity (Wildman–Crippen MR) is 268 cm³/mol. The van der Waals surface area contributed by atoms with Crippen LogP contribution in [-0.4, -0.2) is 92.5 Å². The van der Waals surface area contributed by atoms with Crippen LogP contribution in [0.25, 0.3) is 0 Å². The van der Waals surface area contributed by atoms with Gasteiger partial charge in [0.25, 0.3) is 0 Å². The lowest BCUT2D eigenvalue weighted by Gasteiger charge is -2.24. The Hall–Kier alpha value is -6.32. The zero-order chi connectivity index (χ0) is 50.8. The average molecular weight is 972 g/mol. The molecule has 69 heavy (non-hydrogen) atoms. The molecule has 2 N–H and O–H groups in total. The van der Waals surface area contributed by atoms with Crippen LogP contribution < -0.4 is 20.0 Å². The van der Waals surface area contributed by atoms with E-state index in [1.165, 1.54) is 19.8 Å². The van der Waals surface area contributed by atoms with E-state index >= 15 is 0 Å². The molecule has 0 saturated carbocycles. The quantitative estimate of drug-likeness (QED) is 0.113. The molecule has 0 fully saturated rings. The molecule has 8 rings (SSSR count). The Balaban J connectivity index is 0.000000173. The molecule has 0 radical (unpaired) electrons. The summed E-state index contributed by atoms with van der Waals surface area (Å²) < 4.78 is 25.6. The van der Waals surface area contributed by atoms with Crippen LogP contribution in [0.5, 0.6) is 0 Å². The summed E-state index contributed by atoms with van der Waals surface area (Å²) in [5.41, 5.74) is 9.38. The van der Waals surface area contributed by atoms with Crippen molar-refractivity contribution >= 4 is 64.6 Å². The fraction of sp³-hybridized carbons (Fsp3) is 0.453. The topological polar surface area (TPSA) is 173 Å². The monoisotopic (exact) mass is 970 g/mol. The third kappa shape index (κ3) is 13.9. The van der Waals surface area contributed by atoms with E-state index in [0.717, 1.165) is 76.4 Å². The maximum Gasteiger partial charge on any atom is 0.414 e. The summed E-state index contributed by atoms with van der Waals surface area (Å²) in [6.45, 7) is 19.4. The number of ether oxygens (including phenoxy) is 5. The second kappa shape index (κ2) is 22.9. The SMILES string of the molecule is CC(C)(C)OC(=O)N1CCc2c(CCl)cccc21.CC(C)(C)OC(=O)N1CCc2c(CO)cccc21.COC(=O)c1cccc2c1CCN2.COC(=O)c1cccc2c1CCN2C(=O)OC(C)(C)C. The number of halogens is 1. The van der Waals surface area contributed by atoms with Gasteiger partial charge in [0.1, 0.15) is 16.8 Å². The number of carbonyl (C=O) groups is 5. The summed E-state index contributed by atoms with van der Waals surface area (Å²) in [4.78, 5) is 64.3. The molecule has 4 aromatic carbocycles. The number of fused-ring (bicyclic) bond motifs is 4. The first-order chi connectivity index (χ1) is 32.5. The number of aliphatic hydroxyl groups excluding tert-OH is 1. The Morgan fingerprint density at radius 3 is 1.33 bits per heavy atom. The van der Waals surface area contributed by atoms with Crippen molar-refractivity contribution in [3.8, 4) is 0 Å². The van der Waals surface area contributed by atoms with E-state index in [1.54, 1.807) is 32.9 Å². The van der Waals surface area contributed by atoms with Crippen molar-refractivity contribution in [3.05, 3.63) is 117 Å². The van der Waals surface area contributed by atoms with Crippen LogP contribution in [0.15, 0.2) is 72.8 Å². The number of methoxy groups -OCH3 is 2. The van der Waals surface area contributed by atoms with Crippen LogP contribution in [0.4, 0.5) is 37.1 Å². The molecule has 0 aromatic heterocycles. The Morgan fingerprint density at radius 2 is 0.913 bits per heavy atom. The normalized spacial score (nSPS) is 14.1. The van der Waals surface area contributed by atoms with Gasteiger partial charge in [-0.05, 0) is 158 Å². The molecule has 4 aromatic rings. The van der Waals surface area contributed by atoms with Gasteiger partial charge in [0, 0.05) is 37.7 Å². The number of alkyl halides is 1. The molecule has 0 aliphatic carbocycles. The zero-order valence-corrected chi connectivity index (χ0v) is 42.5. The largest absolute Gasteiger partial charge is 0.465 e. The number of nitrogens with one attached hydrogen (secondary N) is 1. The van der Waals surface area contributed by atoms with E-state index in [1.807, 2.05) is 117 Å². The second-order valence-electron chi connectivity index (χ2n) is 19.6. The van der Waals surface area contributed by atoms with Gasteiger partial charge in [-0.2, -0.15) is 0 Å². The molecule has 0 atom stereocenters. The lowest BCUT2D eigenvalue weighted by atomic mass is 10.1. The minimum absolute atomic E-state index is 0.00529. The van der Waals surface area contributed by atoms with E-state index in [9.17, 15) is 29.1 Å². The molecule has 4 aliphatic heterocycles. The van der Waals surface area contributed by atoms with Gasteiger partial charge in [-0.1, -0.05) is 36.4 Å². The van der Waals surface area contributed by atoms with Gasteiger partial charge in [-0.3, -0.25) is 14.7 Å². The van der Waals surface area contributed by atoms with Crippen LogP contribution in [0, 0.1) is 0 Å². The standard InChI is InChI=1S/C15H19NO4.C14H18ClNO2.C14H19NO3.C10H11NO2/c1-15(2,3)20-14(18)16-9-8-10-11(13(17)19-4)6-5-7-12(10)16;1-14(2,3)18-13(17)16-8-7-11-10(9-15)5-4-6-12(11)16;1-14(2,3)18-13(17)15-8-7-11-10(9-16)5-4-6-12(11)15;1-13-10(12)8-3-2-4-9-7(8)5-6-11-9/h5-7H,8-9H2,1-4H3;4-6H,7-9H2,1-3H3;4-6,16H,7-9H2,1-3H3;2-4,11H,5-6H2,1H3. The lowest BCUT2D eigenvalue weighted by Crippen LogP contribution is -2.35. The van der Waals surface area contributed by atoms with Crippen molar-refractivity contribution in [2.75, 3.05) is 60.4 Å². The van der Waals surface area contributed by atoms with Crippen molar-refractivity contribution in [1.82, 2.24) is 0 Å². The van der Waals surface area contributed by atoms with Crippen molar-refractivity contribution in [2.45, 2.75) is 117 Å². The van der Waals surface area contributed by atoms with Gasteiger partial charge in [0.15, 0.2) is 0 Å². The Bertz CT molecular complexity index is 2420. The fourth-order valence-corrected chi connectivity index (χ4v) is 8.44. The zero-order valence-electron chi connectivity index (χ0n) is 41.7. The van der Waals surface area contributed by atoms with Crippen LogP contribution in [0.3, 0.4) is 0 Å². The van der Waals surface area contributed by atoms with Gasteiger partial charge < -0.3 is 34.1 Å². The highest BCUT2D eigenvalue weighted by molar-refractivity contribution is 6.17. The van der Waals surface area contributed by atoms with E-state index in [0.29, 0.717) is 43.1 Å². The second-order valence-corrected chi connectivity index (χ2v) is 19.8. The third-order valence-electron chi connectivity index (χ3n) is 11.1. The van der Waals surface area contributed by atoms with Gasteiger partial charge in [-0.25, -0.2) is 24.0 Å². The summed E-state index contributed by atoms with van der Waals surface area (Å²) >= 11 is 5.91. The molecule has 0 unspecified atom stereocenters. The van der Waals surface area contributed by atoms with E-state index < -0.39 is 22.9 Å². The molecular weight excluding hydrogens is 904 g/mol. The molecular formula is C53H67ClN4O11. The van der Waals surface area contributed by atoms with Crippen molar-refractivity contribution < 1.29 is 52.8 Å². The van der Waals surface area contributed by atoms with Crippen LogP contribution in [-0.2, 0) is 61.9 Å². The molecule has 16 heteroatoms. The molecule has 0 bridgehead atoms. The van der Waals surface area contributed by atoms with E-state index in [-0.39, 0.29) is 30.7 Å². The molecule has 3 amide bonds. The first kappa shape index (κ1) is 53.6. The van der Waals surface area contributed by atoms with Crippen molar-refractivity contribution in [1.29, 1.82) is 0 Å². The molecule has 4 heterocycles. The van der Waals surface area contributed by atoms with Gasteiger partial charge >= 0.3 is 30.2 Å². The van der Waals surface area contributed by atoms with Gasteiger partial charge in [0.2, 0.25) is 0 Å². The summed E-state index contributed by atoms with van der Waals surface area (Å²) in [6.07, 6.45) is 2.14. The first-order valence-corrected chi connectivity index (χ1v) is 23.6. The highest BCUT2D eigenvalue weighted by Crippen LogP contribution is 2.35. The summed E-state index contributed by atoms with van der Waals surface area (Å²) in [5.74, 6) is -0.154. The summed E-state index contributed by atoms with van der Waals surface area (Å²) in [7, 11) is 2.76. The minimum atomic E-state index is -0.542. The third-order valence-corrected chi connectivity index (χ3v) is 11.4. The lowest BCUT2D eigenvalue weighted by molar-refractivity contribution is 0.0573. The number of carbonyl (C=O) groups excluding carboxylic acids is 5. The molecule has 15 nitrogen and oxygen atoms in total. The average Bonchev–Trinajstić information content (AvgIpc) is 4.12. The number of esters is 2. The smallest absolute Gasteiger partial charge is 0.414 e. The van der Waals surface area contributed by atoms with E-state index in [2.05, 4.69) is 5.32 Å². The highest BCUT2D eigenvalue weighted by atomic mass is 35.5. The first-order valence-electron chi connectivity index (χ1n) is 23.0. The predicted octanol–water partition coefficient (Wildman–Crippen LogP) is 10.4. The minimum Gasteiger partial charge on any atom is -0.465 e.